The maximum Gasteiger partial charge on any atom is 0.330 e. The van der Waals surface area contributed by atoms with Crippen LogP contribution in [0, 0.1) is 0 Å². The van der Waals surface area contributed by atoms with E-state index in [1.54, 1.807) is 14.0 Å². The summed E-state index contributed by atoms with van der Waals surface area (Å²) in [5, 5.41) is 2.76. The van der Waals surface area contributed by atoms with E-state index >= 15 is 0 Å². The third-order valence-corrected chi connectivity index (χ3v) is 3.99. The molecule has 1 atom stereocenters. The fourth-order valence-corrected chi connectivity index (χ4v) is 2.30. The van der Waals surface area contributed by atoms with E-state index in [0.717, 1.165) is 12.8 Å². The number of likely N-dealkylation sites (N-methyl/N-ethyl adjacent to an activating group) is 1. The molecule has 0 aromatic heterocycles. The Kier molecular flexibility index (Phi) is 20.3. The Balaban J connectivity index is 0. The first-order chi connectivity index (χ1) is 10.6. The summed E-state index contributed by atoms with van der Waals surface area (Å²) < 4.78 is 4.75. The van der Waals surface area contributed by atoms with Crippen molar-refractivity contribution in [2.45, 2.75) is 96.9 Å². The van der Waals surface area contributed by atoms with Crippen molar-refractivity contribution < 1.29 is 14.3 Å². The van der Waals surface area contributed by atoms with E-state index < -0.39 is 18.0 Å². The molecule has 0 saturated carbocycles. The summed E-state index contributed by atoms with van der Waals surface area (Å²) in [7, 11) is 1.67. The molecule has 0 saturated heterocycles. The predicted octanol–water partition coefficient (Wildman–Crippen LogP) is 3.98. The van der Waals surface area contributed by atoms with Gasteiger partial charge in [-0.1, -0.05) is 71.1 Å². The molecule has 131 valence electrons. The number of hydrogen-bond acceptors (Lipinski definition) is 4. The van der Waals surface area contributed by atoms with Gasteiger partial charge in [0.25, 0.3) is 0 Å². The quantitative estimate of drug-likeness (QED) is 0.226. The summed E-state index contributed by atoms with van der Waals surface area (Å²) in [6.07, 6.45) is 14.0. The van der Waals surface area contributed by atoms with Crippen LogP contribution in [-0.4, -0.2) is 54.6 Å². The molecule has 0 aliphatic heterocycles. The Morgan fingerprint density at radius 1 is 0.870 bits per heavy atom. The standard InChI is InChI=1S/C18H35NO3.Na/c1-4-5-6-7-8-9-10-11-12-13-14-15-17(20)22-18(21)16(2)19-3;/h16,19H,4-15H2,1-3H3;/t16-;/m0./s1. The molecule has 5 heteroatoms. The van der Waals surface area contributed by atoms with Crippen LogP contribution in [0.2, 0.25) is 0 Å². The zero-order chi connectivity index (χ0) is 16.6. The summed E-state index contributed by atoms with van der Waals surface area (Å²) in [5.74, 6) is -0.890. The first-order valence-electron chi connectivity index (χ1n) is 9.03. The number of nitrogens with one attached hydrogen (secondary N) is 1. The van der Waals surface area contributed by atoms with Crippen molar-refractivity contribution in [1.82, 2.24) is 5.32 Å². The first kappa shape index (κ1) is 25.3. The molecule has 0 heterocycles. The largest absolute Gasteiger partial charge is 0.392 e. The monoisotopic (exact) mass is 336 g/mol. The van der Waals surface area contributed by atoms with E-state index in [2.05, 4.69) is 12.2 Å². The van der Waals surface area contributed by atoms with E-state index in [0.29, 0.717) is 6.42 Å². The van der Waals surface area contributed by atoms with Gasteiger partial charge in [0.1, 0.15) is 6.04 Å². The number of carbonyl (C=O) groups excluding carboxylic acids is 2. The summed E-state index contributed by atoms with van der Waals surface area (Å²) in [5.41, 5.74) is 0. The van der Waals surface area contributed by atoms with Crippen LogP contribution in [0.25, 0.3) is 0 Å². The van der Waals surface area contributed by atoms with Gasteiger partial charge in [-0.3, -0.25) is 4.79 Å². The Labute approximate surface area is 164 Å². The van der Waals surface area contributed by atoms with Crippen molar-refractivity contribution in [3.8, 4) is 0 Å². The van der Waals surface area contributed by atoms with Crippen LogP contribution in [0.3, 0.4) is 0 Å². The average molecular weight is 336 g/mol. The molecule has 0 unspecified atom stereocenters. The Morgan fingerprint density at radius 3 is 1.74 bits per heavy atom. The minimum Gasteiger partial charge on any atom is -0.392 e. The van der Waals surface area contributed by atoms with E-state index in [-0.39, 0.29) is 29.6 Å². The van der Waals surface area contributed by atoms with Crippen LogP contribution in [0.4, 0.5) is 0 Å². The Hall–Kier alpha value is 0.1000. The summed E-state index contributed by atoms with van der Waals surface area (Å²) >= 11 is 0. The van der Waals surface area contributed by atoms with Crippen LogP contribution in [0.1, 0.15) is 90.9 Å². The van der Waals surface area contributed by atoms with Crippen molar-refractivity contribution in [1.29, 1.82) is 0 Å². The van der Waals surface area contributed by atoms with Gasteiger partial charge in [-0.15, -0.1) is 0 Å². The van der Waals surface area contributed by atoms with Crippen LogP contribution in [-0.2, 0) is 14.3 Å². The second kappa shape index (κ2) is 18.4. The van der Waals surface area contributed by atoms with Crippen molar-refractivity contribution in [2.24, 2.45) is 0 Å². The molecule has 0 aromatic carbocycles. The average Bonchev–Trinajstić information content (AvgIpc) is 2.51. The molecular formula is C18H35NNaO3. The predicted molar refractivity (Wildman–Crippen MR) is 96.5 cm³/mol. The van der Waals surface area contributed by atoms with E-state index in [1.165, 1.54) is 57.8 Å². The van der Waals surface area contributed by atoms with Crippen LogP contribution in [0.5, 0.6) is 0 Å². The van der Waals surface area contributed by atoms with Crippen molar-refractivity contribution in [3.05, 3.63) is 0 Å². The molecule has 4 nitrogen and oxygen atoms in total. The first-order valence-corrected chi connectivity index (χ1v) is 9.03. The molecule has 0 aliphatic rings. The van der Waals surface area contributed by atoms with Crippen molar-refractivity contribution in [2.75, 3.05) is 7.05 Å². The fraction of sp³-hybridized carbons (Fsp3) is 0.889. The minimum atomic E-state index is -0.490. The number of carbonyl (C=O) groups is 2. The van der Waals surface area contributed by atoms with Gasteiger partial charge in [-0.2, -0.15) is 0 Å². The van der Waals surface area contributed by atoms with Gasteiger partial charge < -0.3 is 10.1 Å². The number of hydrogen-bond donors (Lipinski definition) is 1. The molecule has 1 radical (unpaired) electrons. The number of ether oxygens (including phenoxy) is 1. The maximum atomic E-state index is 11.5. The van der Waals surface area contributed by atoms with Gasteiger partial charge in [0.05, 0.1) is 0 Å². The zero-order valence-electron chi connectivity index (χ0n) is 15.8. The Morgan fingerprint density at radius 2 is 1.30 bits per heavy atom. The molecule has 0 amide bonds. The molecular weight excluding hydrogens is 301 g/mol. The summed E-state index contributed by atoms with van der Waals surface area (Å²) in [6, 6.07) is -0.429. The van der Waals surface area contributed by atoms with E-state index in [1.807, 2.05) is 0 Å². The molecule has 0 fully saturated rings. The number of esters is 2. The van der Waals surface area contributed by atoms with E-state index in [4.69, 9.17) is 4.74 Å². The maximum absolute atomic E-state index is 11.5. The number of rotatable bonds is 14. The van der Waals surface area contributed by atoms with Gasteiger partial charge >= 0.3 is 11.9 Å². The minimum absolute atomic E-state index is 0. The molecule has 23 heavy (non-hydrogen) atoms. The zero-order valence-corrected chi connectivity index (χ0v) is 17.8. The van der Waals surface area contributed by atoms with Crippen LogP contribution >= 0.6 is 0 Å². The van der Waals surface area contributed by atoms with Gasteiger partial charge in [0.2, 0.25) is 0 Å². The molecule has 0 bridgehead atoms. The fourth-order valence-electron chi connectivity index (χ4n) is 2.30. The van der Waals surface area contributed by atoms with Crippen LogP contribution < -0.4 is 5.32 Å². The SMILES string of the molecule is CCCCCCCCCCCCCC(=O)OC(=O)[C@H](C)NC.[Na]. The third-order valence-electron chi connectivity index (χ3n) is 3.99. The van der Waals surface area contributed by atoms with Gasteiger partial charge in [-0.05, 0) is 20.4 Å². The molecule has 0 spiro atoms. The molecule has 0 aromatic rings. The molecule has 0 rings (SSSR count). The van der Waals surface area contributed by atoms with E-state index in [9.17, 15) is 9.59 Å². The normalized spacial score (nSPS) is 11.6. The van der Waals surface area contributed by atoms with Gasteiger partial charge in [0.15, 0.2) is 0 Å². The third kappa shape index (κ3) is 16.7. The van der Waals surface area contributed by atoms with Crippen LogP contribution in [0.15, 0.2) is 0 Å². The van der Waals surface area contributed by atoms with Crippen molar-refractivity contribution >= 4 is 41.5 Å². The van der Waals surface area contributed by atoms with Gasteiger partial charge in [0, 0.05) is 36.0 Å². The smallest absolute Gasteiger partial charge is 0.330 e. The Bertz CT molecular complexity index is 298. The number of unbranched alkanes of at least 4 members (excludes halogenated alkanes) is 10. The van der Waals surface area contributed by atoms with Gasteiger partial charge in [-0.25, -0.2) is 4.79 Å². The molecule has 0 aliphatic carbocycles. The topological polar surface area (TPSA) is 55.4 Å². The van der Waals surface area contributed by atoms with Crippen molar-refractivity contribution in [3.63, 3.8) is 0 Å². The second-order valence-corrected chi connectivity index (χ2v) is 6.09. The molecule has 1 N–H and O–H groups in total. The summed E-state index contributed by atoms with van der Waals surface area (Å²) in [6.45, 7) is 3.92. The summed E-state index contributed by atoms with van der Waals surface area (Å²) in [4.78, 5) is 22.8. The second-order valence-electron chi connectivity index (χ2n) is 6.09.